The summed E-state index contributed by atoms with van der Waals surface area (Å²) in [6.45, 7) is 2.55. The standard InChI is InChI=1S/C15H19N3O4/c1-10(4-5-19)8-17-15(20)6-11-9-16-14-3-2-12(18(21)22)7-13(11)14/h2-3,7,9-10,16,19H,4-6,8H2,1H3,(H,17,20). The molecule has 2 aromatic rings. The van der Waals surface area contributed by atoms with Crippen LogP contribution < -0.4 is 5.32 Å². The van der Waals surface area contributed by atoms with E-state index in [4.69, 9.17) is 5.11 Å². The quantitative estimate of drug-likeness (QED) is 0.535. The Bertz CT molecular complexity index is 680. The number of nitro groups is 1. The van der Waals surface area contributed by atoms with Gasteiger partial charge in [-0.1, -0.05) is 6.92 Å². The summed E-state index contributed by atoms with van der Waals surface area (Å²) in [6.07, 6.45) is 2.50. The first-order valence-electron chi connectivity index (χ1n) is 7.13. The van der Waals surface area contributed by atoms with E-state index in [2.05, 4.69) is 10.3 Å². The van der Waals surface area contributed by atoms with Crippen molar-refractivity contribution >= 4 is 22.5 Å². The first-order valence-corrected chi connectivity index (χ1v) is 7.13. The van der Waals surface area contributed by atoms with Gasteiger partial charge in [-0.2, -0.15) is 0 Å². The number of hydrogen-bond acceptors (Lipinski definition) is 4. The molecule has 1 aromatic carbocycles. The molecule has 7 nitrogen and oxygen atoms in total. The van der Waals surface area contributed by atoms with E-state index in [1.54, 1.807) is 12.3 Å². The molecule has 0 radical (unpaired) electrons. The molecule has 22 heavy (non-hydrogen) atoms. The maximum atomic E-state index is 12.0. The second-order valence-corrected chi connectivity index (χ2v) is 5.40. The SMILES string of the molecule is CC(CCO)CNC(=O)Cc1c[nH]c2ccc([N+](=O)[O-])cc12. The van der Waals surface area contributed by atoms with Crippen molar-refractivity contribution in [2.45, 2.75) is 19.8 Å². The first kappa shape index (κ1) is 16.0. The molecule has 1 amide bonds. The molecule has 3 N–H and O–H groups in total. The molecule has 7 heteroatoms. The van der Waals surface area contributed by atoms with E-state index in [1.165, 1.54) is 12.1 Å². The fourth-order valence-electron chi connectivity index (χ4n) is 2.27. The van der Waals surface area contributed by atoms with Gasteiger partial charge < -0.3 is 15.4 Å². The molecular formula is C15H19N3O4. The second kappa shape index (κ2) is 7.04. The number of aliphatic hydroxyl groups excluding tert-OH is 1. The summed E-state index contributed by atoms with van der Waals surface area (Å²) in [6, 6.07) is 4.54. The molecule has 118 valence electrons. The highest BCUT2D eigenvalue weighted by Gasteiger charge is 2.13. The number of non-ortho nitro benzene ring substituents is 1. The number of nitro benzene ring substituents is 1. The van der Waals surface area contributed by atoms with Gasteiger partial charge in [0.05, 0.1) is 11.3 Å². The summed E-state index contributed by atoms with van der Waals surface area (Å²) < 4.78 is 0. The Morgan fingerprint density at radius 1 is 1.50 bits per heavy atom. The van der Waals surface area contributed by atoms with E-state index < -0.39 is 4.92 Å². The molecular weight excluding hydrogens is 286 g/mol. The lowest BCUT2D eigenvalue weighted by molar-refractivity contribution is -0.384. The number of benzene rings is 1. The van der Waals surface area contributed by atoms with E-state index >= 15 is 0 Å². The molecule has 0 spiro atoms. The van der Waals surface area contributed by atoms with Crippen molar-refractivity contribution in [2.75, 3.05) is 13.2 Å². The van der Waals surface area contributed by atoms with Crippen LogP contribution in [0, 0.1) is 16.0 Å². The predicted octanol–water partition coefficient (Wildman–Crippen LogP) is 1.75. The van der Waals surface area contributed by atoms with Gasteiger partial charge in [-0.15, -0.1) is 0 Å². The number of rotatable bonds is 7. The zero-order valence-corrected chi connectivity index (χ0v) is 12.3. The van der Waals surface area contributed by atoms with Gasteiger partial charge in [0.25, 0.3) is 5.69 Å². The van der Waals surface area contributed by atoms with Gasteiger partial charge in [-0.3, -0.25) is 14.9 Å². The fourth-order valence-corrected chi connectivity index (χ4v) is 2.27. The van der Waals surface area contributed by atoms with Crippen LogP contribution in [0.2, 0.25) is 0 Å². The minimum Gasteiger partial charge on any atom is -0.396 e. The minimum atomic E-state index is -0.452. The van der Waals surface area contributed by atoms with Gasteiger partial charge in [0.15, 0.2) is 0 Å². The van der Waals surface area contributed by atoms with Crippen molar-refractivity contribution in [1.82, 2.24) is 10.3 Å². The van der Waals surface area contributed by atoms with Crippen LogP contribution in [0.15, 0.2) is 24.4 Å². The van der Waals surface area contributed by atoms with Crippen molar-refractivity contribution in [3.8, 4) is 0 Å². The van der Waals surface area contributed by atoms with Crippen LogP contribution in [0.1, 0.15) is 18.9 Å². The molecule has 0 saturated heterocycles. The number of nitrogens with one attached hydrogen (secondary N) is 2. The molecule has 0 aliphatic heterocycles. The van der Waals surface area contributed by atoms with Gasteiger partial charge in [-0.05, 0) is 24.0 Å². The Morgan fingerprint density at radius 3 is 2.95 bits per heavy atom. The third-order valence-electron chi connectivity index (χ3n) is 3.58. The van der Waals surface area contributed by atoms with Crippen LogP contribution >= 0.6 is 0 Å². The number of hydrogen-bond donors (Lipinski definition) is 3. The lowest BCUT2D eigenvalue weighted by Crippen LogP contribution is -2.29. The van der Waals surface area contributed by atoms with E-state index in [0.29, 0.717) is 18.4 Å². The van der Waals surface area contributed by atoms with Crippen LogP contribution in [0.25, 0.3) is 10.9 Å². The van der Waals surface area contributed by atoms with Crippen molar-refractivity contribution in [1.29, 1.82) is 0 Å². The van der Waals surface area contributed by atoms with Crippen LogP contribution in [0.4, 0.5) is 5.69 Å². The molecule has 0 bridgehead atoms. The van der Waals surface area contributed by atoms with Crippen LogP contribution in [-0.4, -0.2) is 34.1 Å². The topological polar surface area (TPSA) is 108 Å². The summed E-state index contributed by atoms with van der Waals surface area (Å²) in [5.41, 5.74) is 1.50. The Balaban J connectivity index is 2.06. The van der Waals surface area contributed by atoms with Gasteiger partial charge in [-0.25, -0.2) is 0 Å². The van der Waals surface area contributed by atoms with E-state index in [0.717, 1.165) is 11.1 Å². The Labute approximate surface area is 127 Å². The molecule has 2 rings (SSSR count). The maximum Gasteiger partial charge on any atom is 0.270 e. The predicted molar refractivity (Wildman–Crippen MR) is 82.5 cm³/mol. The van der Waals surface area contributed by atoms with Gasteiger partial charge in [0.2, 0.25) is 5.91 Å². The second-order valence-electron chi connectivity index (χ2n) is 5.40. The van der Waals surface area contributed by atoms with Crippen molar-refractivity contribution < 1.29 is 14.8 Å². The summed E-state index contributed by atoms with van der Waals surface area (Å²) in [7, 11) is 0. The Hall–Kier alpha value is -2.41. The smallest absolute Gasteiger partial charge is 0.270 e. The molecule has 0 fully saturated rings. The lowest BCUT2D eigenvalue weighted by Gasteiger charge is -2.10. The average molecular weight is 305 g/mol. The van der Waals surface area contributed by atoms with Crippen LogP contribution in [0.5, 0.6) is 0 Å². The minimum absolute atomic E-state index is 0.00493. The molecule has 1 atom stereocenters. The highest BCUT2D eigenvalue weighted by molar-refractivity contribution is 5.90. The average Bonchev–Trinajstić information content (AvgIpc) is 2.88. The number of aliphatic hydroxyl groups is 1. The van der Waals surface area contributed by atoms with Gasteiger partial charge in [0, 0.05) is 42.4 Å². The van der Waals surface area contributed by atoms with E-state index in [1.807, 2.05) is 6.92 Å². The van der Waals surface area contributed by atoms with Crippen molar-refractivity contribution in [2.24, 2.45) is 5.92 Å². The molecule has 0 saturated carbocycles. The molecule has 0 aliphatic rings. The van der Waals surface area contributed by atoms with Crippen molar-refractivity contribution in [3.05, 3.63) is 40.1 Å². The summed E-state index contributed by atoms with van der Waals surface area (Å²) in [5, 5.41) is 23.2. The van der Waals surface area contributed by atoms with Gasteiger partial charge >= 0.3 is 0 Å². The number of carbonyl (C=O) groups excluding carboxylic acids is 1. The number of fused-ring (bicyclic) bond motifs is 1. The van der Waals surface area contributed by atoms with Gasteiger partial charge in [0.1, 0.15) is 0 Å². The zero-order chi connectivity index (χ0) is 16.1. The highest BCUT2D eigenvalue weighted by Crippen LogP contribution is 2.23. The normalized spacial score (nSPS) is 12.3. The molecule has 1 unspecified atom stereocenters. The Morgan fingerprint density at radius 2 is 2.27 bits per heavy atom. The number of aromatic amines is 1. The maximum absolute atomic E-state index is 12.0. The fraction of sp³-hybridized carbons (Fsp3) is 0.400. The lowest BCUT2D eigenvalue weighted by atomic mass is 10.1. The van der Waals surface area contributed by atoms with E-state index in [9.17, 15) is 14.9 Å². The number of H-pyrrole nitrogens is 1. The molecule has 0 aliphatic carbocycles. The third kappa shape index (κ3) is 3.82. The molecule has 1 aromatic heterocycles. The Kier molecular flexibility index (Phi) is 5.11. The number of carbonyl (C=O) groups is 1. The first-order chi connectivity index (χ1) is 10.5. The zero-order valence-electron chi connectivity index (χ0n) is 12.3. The summed E-state index contributed by atoms with van der Waals surface area (Å²) in [4.78, 5) is 25.4. The summed E-state index contributed by atoms with van der Waals surface area (Å²) in [5.74, 6) is 0.0650. The monoisotopic (exact) mass is 305 g/mol. The van der Waals surface area contributed by atoms with Crippen molar-refractivity contribution in [3.63, 3.8) is 0 Å². The largest absolute Gasteiger partial charge is 0.396 e. The van der Waals surface area contributed by atoms with E-state index in [-0.39, 0.29) is 30.5 Å². The molecule has 1 heterocycles. The number of aromatic nitrogens is 1. The highest BCUT2D eigenvalue weighted by atomic mass is 16.6. The summed E-state index contributed by atoms with van der Waals surface area (Å²) >= 11 is 0. The number of nitrogens with zero attached hydrogens (tertiary/aromatic N) is 1. The number of amides is 1. The third-order valence-corrected chi connectivity index (χ3v) is 3.58. The van der Waals surface area contributed by atoms with Crippen LogP contribution in [0.3, 0.4) is 0 Å². The van der Waals surface area contributed by atoms with Crippen LogP contribution in [-0.2, 0) is 11.2 Å².